The zero-order valence-corrected chi connectivity index (χ0v) is 13.6. The van der Waals surface area contributed by atoms with Crippen LogP contribution in [0.3, 0.4) is 0 Å². The zero-order valence-electron chi connectivity index (χ0n) is 9.13. The highest BCUT2D eigenvalue weighted by Gasteiger charge is 2.16. The molecule has 94 valence electrons. The zero-order chi connectivity index (χ0) is 13.3. The van der Waals surface area contributed by atoms with Crippen LogP contribution >= 0.6 is 50.1 Å². The predicted octanol–water partition coefficient (Wildman–Crippen LogP) is 4.89. The number of benzene rings is 2. The van der Waals surface area contributed by atoms with Crippen LogP contribution in [0.25, 0.3) is 0 Å². The molecular formula is C13H9BrClFIN. The van der Waals surface area contributed by atoms with Crippen LogP contribution in [0.5, 0.6) is 0 Å². The van der Waals surface area contributed by atoms with E-state index in [1.54, 1.807) is 0 Å². The summed E-state index contributed by atoms with van der Waals surface area (Å²) in [4.78, 5) is 0. The molecule has 18 heavy (non-hydrogen) atoms. The molecule has 0 bridgehead atoms. The fraction of sp³-hybridized carbons (Fsp3) is 0.0769. The van der Waals surface area contributed by atoms with Crippen LogP contribution < -0.4 is 5.73 Å². The number of halogens is 4. The molecule has 0 heterocycles. The van der Waals surface area contributed by atoms with Gasteiger partial charge in [-0.05, 0) is 70.1 Å². The molecule has 0 fully saturated rings. The van der Waals surface area contributed by atoms with Gasteiger partial charge in [-0.2, -0.15) is 0 Å². The molecule has 0 aromatic heterocycles. The van der Waals surface area contributed by atoms with Crippen molar-refractivity contribution in [2.45, 2.75) is 6.04 Å². The molecule has 0 aliphatic heterocycles. The normalized spacial score (nSPS) is 12.5. The second-order valence-corrected chi connectivity index (χ2v) is 6.29. The predicted molar refractivity (Wildman–Crippen MR) is 84.3 cm³/mol. The Morgan fingerprint density at radius 1 is 1.17 bits per heavy atom. The summed E-state index contributed by atoms with van der Waals surface area (Å²) in [5.74, 6) is -0.338. The van der Waals surface area contributed by atoms with Crippen molar-refractivity contribution in [2.24, 2.45) is 5.73 Å². The van der Waals surface area contributed by atoms with Gasteiger partial charge in [0.25, 0.3) is 0 Å². The van der Waals surface area contributed by atoms with Gasteiger partial charge in [-0.25, -0.2) is 4.39 Å². The molecule has 0 aliphatic rings. The summed E-state index contributed by atoms with van der Waals surface area (Å²) in [5, 5.41) is 0.472. The van der Waals surface area contributed by atoms with Gasteiger partial charge in [0.05, 0.1) is 6.04 Å². The highest BCUT2D eigenvalue weighted by atomic mass is 127. The van der Waals surface area contributed by atoms with Crippen LogP contribution in [-0.2, 0) is 0 Å². The summed E-state index contributed by atoms with van der Waals surface area (Å²) >= 11 is 11.7. The third kappa shape index (κ3) is 3.04. The van der Waals surface area contributed by atoms with E-state index in [4.69, 9.17) is 17.3 Å². The minimum atomic E-state index is -0.447. The van der Waals surface area contributed by atoms with Crippen molar-refractivity contribution < 1.29 is 4.39 Å². The van der Waals surface area contributed by atoms with E-state index in [1.807, 2.05) is 18.2 Å². The first-order valence-electron chi connectivity index (χ1n) is 5.14. The third-order valence-electron chi connectivity index (χ3n) is 2.59. The highest BCUT2D eigenvalue weighted by Crippen LogP contribution is 2.31. The molecule has 1 nitrogen and oxygen atoms in total. The average molecular weight is 440 g/mol. The van der Waals surface area contributed by atoms with E-state index in [9.17, 15) is 4.39 Å². The van der Waals surface area contributed by atoms with Crippen molar-refractivity contribution in [3.05, 3.63) is 66.4 Å². The SMILES string of the molecule is NC(c1cc(F)ccc1Cl)c1cc(Br)ccc1I. The Bertz CT molecular complexity index is 540. The molecule has 2 aromatic rings. The smallest absolute Gasteiger partial charge is 0.123 e. The Kier molecular flexibility index (Phi) is 4.64. The Hall–Kier alpha value is -0.170. The van der Waals surface area contributed by atoms with Crippen LogP contribution in [0.15, 0.2) is 40.9 Å². The van der Waals surface area contributed by atoms with E-state index < -0.39 is 6.04 Å². The minimum absolute atomic E-state index is 0.338. The third-order valence-corrected chi connectivity index (χ3v) is 4.41. The Morgan fingerprint density at radius 3 is 2.61 bits per heavy atom. The first kappa shape index (κ1) is 14.2. The molecule has 2 aromatic carbocycles. The van der Waals surface area contributed by atoms with E-state index in [1.165, 1.54) is 18.2 Å². The molecule has 0 amide bonds. The molecule has 5 heteroatoms. The maximum Gasteiger partial charge on any atom is 0.123 e. The van der Waals surface area contributed by atoms with Crippen molar-refractivity contribution in [3.8, 4) is 0 Å². The van der Waals surface area contributed by atoms with Gasteiger partial charge in [-0.3, -0.25) is 0 Å². The molecule has 0 saturated carbocycles. The second-order valence-electron chi connectivity index (χ2n) is 3.81. The summed E-state index contributed by atoms with van der Waals surface area (Å²) in [5.41, 5.74) is 7.68. The molecule has 1 unspecified atom stereocenters. The largest absolute Gasteiger partial charge is 0.320 e. The number of hydrogen-bond donors (Lipinski definition) is 1. The number of rotatable bonds is 2. The maximum atomic E-state index is 13.3. The standard InChI is InChI=1S/C13H9BrClFIN/c14-7-1-4-12(17)10(5-7)13(18)9-6-8(16)2-3-11(9)15/h1-6,13H,18H2. The summed E-state index contributed by atoms with van der Waals surface area (Å²) < 4.78 is 15.2. The lowest BCUT2D eigenvalue weighted by atomic mass is 9.99. The van der Waals surface area contributed by atoms with Crippen LogP contribution in [-0.4, -0.2) is 0 Å². The molecular weight excluding hydrogens is 431 g/mol. The van der Waals surface area contributed by atoms with Gasteiger partial charge < -0.3 is 5.73 Å². The molecule has 0 radical (unpaired) electrons. The monoisotopic (exact) mass is 439 g/mol. The van der Waals surface area contributed by atoms with Gasteiger partial charge in [0.2, 0.25) is 0 Å². The molecule has 1 atom stereocenters. The summed E-state index contributed by atoms with van der Waals surface area (Å²) in [6, 6.07) is 9.59. The van der Waals surface area contributed by atoms with Crippen LogP contribution in [0.4, 0.5) is 4.39 Å². The lowest BCUT2D eigenvalue weighted by Gasteiger charge is -2.16. The maximum absolute atomic E-state index is 13.3. The minimum Gasteiger partial charge on any atom is -0.320 e. The van der Waals surface area contributed by atoms with Gasteiger partial charge in [0.1, 0.15) is 5.82 Å². The van der Waals surface area contributed by atoms with Gasteiger partial charge >= 0.3 is 0 Å². The van der Waals surface area contributed by atoms with Crippen molar-refractivity contribution in [1.82, 2.24) is 0 Å². The van der Waals surface area contributed by atoms with Gasteiger partial charge in [0.15, 0.2) is 0 Å². The van der Waals surface area contributed by atoms with E-state index >= 15 is 0 Å². The number of nitrogens with two attached hydrogens (primary N) is 1. The first-order chi connectivity index (χ1) is 8.49. The Balaban J connectivity index is 2.50. The highest BCUT2D eigenvalue weighted by molar-refractivity contribution is 14.1. The lowest BCUT2D eigenvalue weighted by Crippen LogP contribution is -2.14. The van der Waals surface area contributed by atoms with Gasteiger partial charge in [0, 0.05) is 13.1 Å². The van der Waals surface area contributed by atoms with E-state index in [0.717, 1.165) is 13.6 Å². The topological polar surface area (TPSA) is 26.0 Å². The summed E-state index contributed by atoms with van der Waals surface area (Å²) in [7, 11) is 0. The van der Waals surface area contributed by atoms with E-state index in [2.05, 4.69) is 38.5 Å². The summed E-state index contributed by atoms with van der Waals surface area (Å²) in [6.07, 6.45) is 0. The molecule has 0 saturated heterocycles. The van der Waals surface area contributed by atoms with Crippen molar-refractivity contribution in [1.29, 1.82) is 0 Å². The Morgan fingerprint density at radius 2 is 1.89 bits per heavy atom. The average Bonchev–Trinajstić information content (AvgIpc) is 2.34. The molecule has 2 N–H and O–H groups in total. The lowest BCUT2D eigenvalue weighted by molar-refractivity contribution is 0.623. The molecule has 0 spiro atoms. The second kappa shape index (κ2) is 5.86. The molecule has 2 rings (SSSR count). The van der Waals surface area contributed by atoms with Crippen LogP contribution in [0.1, 0.15) is 17.2 Å². The van der Waals surface area contributed by atoms with Crippen molar-refractivity contribution >= 4 is 50.1 Å². The molecule has 0 aliphatic carbocycles. The summed E-state index contributed by atoms with van der Waals surface area (Å²) in [6.45, 7) is 0. The van der Waals surface area contributed by atoms with Gasteiger partial charge in [-0.1, -0.05) is 27.5 Å². The fourth-order valence-corrected chi connectivity index (χ4v) is 2.96. The number of hydrogen-bond acceptors (Lipinski definition) is 1. The van der Waals surface area contributed by atoms with Crippen molar-refractivity contribution in [3.63, 3.8) is 0 Å². The Labute approximate surface area is 132 Å². The first-order valence-corrected chi connectivity index (χ1v) is 7.39. The van der Waals surface area contributed by atoms with Gasteiger partial charge in [-0.15, -0.1) is 0 Å². The van der Waals surface area contributed by atoms with E-state index in [-0.39, 0.29) is 5.82 Å². The van der Waals surface area contributed by atoms with Crippen molar-refractivity contribution in [2.75, 3.05) is 0 Å². The van der Waals surface area contributed by atoms with E-state index in [0.29, 0.717) is 10.6 Å². The fourth-order valence-electron chi connectivity index (χ4n) is 1.67. The van der Waals surface area contributed by atoms with Crippen LogP contribution in [0.2, 0.25) is 5.02 Å². The quantitative estimate of drug-likeness (QED) is 0.661. The van der Waals surface area contributed by atoms with Crippen LogP contribution in [0, 0.1) is 9.39 Å².